The number of fused-ring (bicyclic) bond motifs is 1. The molecular weight excluding hydrogens is 294 g/mol. The molecule has 22 heavy (non-hydrogen) atoms. The number of hydrogen-bond acceptors (Lipinski definition) is 5. The number of imidazole rings is 1. The third-order valence-electron chi connectivity index (χ3n) is 4.02. The van der Waals surface area contributed by atoms with Gasteiger partial charge in [0.25, 0.3) is 0 Å². The minimum Gasteiger partial charge on any atom is -0.345 e. The molecule has 1 N–H and O–H groups in total. The van der Waals surface area contributed by atoms with Crippen LogP contribution in [0.2, 0.25) is 0 Å². The van der Waals surface area contributed by atoms with Crippen molar-refractivity contribution in [3.63, 3.8) is 0 Å². The van der Waals surface area contributed by atoms with Crippen molar-refractivity contribution >= 4 is 11.8 Å². The van der Waals surface area contributed by atoms with E-state index in [4.69, 9.17) is 0 Å². The number of aryl methyl sites for hydroxylation is 1. The van der Waals surface area contributed by atoms with E-state index in [-0.39, 0.29) is 0 Å². The van der Waals surface area contributed by atoms with Gasteiger partial charge in [0.1, 0.15) is 5.82 Å². The first kappa shape index (κ1) is 15.5. The standard InChI is InChI=1S/C16H23N5S/c1-3-4-5-15-17-9-13(19-15)11-21-7-6-14-12(10-21)8-18-16(20-14)22-2/h8-9H,3-7,10-11H2,1-2H3,(H,17,19). The van der Waals surface area contributed by atoms with Gasteiger partial charge in [-0.05, 0) is 12.7 Å². The van der Waals surface area contributed by atoms with Gasteiger partial charge in [-0.15, -0.1) is 0 Å². The van der Waals surface area contributed by atoms with Gasteiger partial charge in [0.15, 0.2) is 5.16 Å². The van der Waals surface area contributed by atoms with Gasteiger partial charge in [-0.1, -0.05) is 25.1 Å². The quantitative estimate of drug-likeness (QED) is 0.656. The summed E-state index contributed by atoms with van der Waals surface area (Å²) in [5.74, 6) is 1.11. The van der Waals surface area contributed by atoms with E-state index < -0.39 is 0 Å². The second-order valence-electron chi connectivity index (χ2n) is 5.75. The van der Waals surface area contributed by atoms with Crippen molar-refractivity contribution in [2.24, 2.45) is 0 Å². The third-order valence-corrected chi connectivity index (χ3v) is 4.58. The normalized spacial score (nSPS) is 15.0. The molecule has 3 heterocycles. The number of nitrogens with one attached hydrogen (secondary N) is 1. The molecule has 0 aliphatic carbocycles. The molecule has 118 valence electrons. The van der Waals surface area contributed by atoms with E-state index in [1.807, 2.05) is 18.6 Å². The Labute approximate surface area is 136 Å². The SMILES string of the molecule is CCCCc1ncc(CN2CCc3nc(SC)ncc3C2)[nH]1. The molecule has 1 aliphatic heterocycles. The highest BCUT2D eigenvalue weighted by atomic mass is 32.2. The van der Waals surface area contributed by atoms with E-state index in [0.29, 0.717) is 0 Å². The van der Waals surface area contributed by atoms with Crippen LogP contribution in [0.4, 0.5) is 0 Å². The van der Waals surface area contributed by atoms with Crippen LogP contribution in [0.25, 0.3) is 0 Å². The molecule has 0 radical (unpaired) electrons. The second kappa shape index (κ2) is 7.24. The van der Waals surface area contributed by atoms with Crippen LogP contribution in [0.15, 0.2) is 17.6 Å². The van der Waals surface area contributed by atoms with Crippen LogP contribution in [0.5, 0.6) is 0 Å². The average molecular weight is 317 g/mol. The van der Waals surface area contributed by atoms with Crippen molar-refractivity contribution in [1.82, 2.24) is 24.8 Å². The first-order valence-corrected chi connectivity index (χ1v) is 9.15. The van der Waals surface area contributed by atoms with Gasteiger partial charge in [-0.2, -0.15) is 0 Å². The van der Waals surface area contributed by atoms with Crippen molar-refractivity contribution in [2.45, 2.75) is 50.9 Å². The highest BCUT2D eigenvalue weighted by Gasteiger charge is 2.19. The summed E-state index contributed by atoms with van der Waals surface area (Å²) in [4.78, 5) is 19.4. The molecule has 0 saturated carbocycles. The molecular formula is C16H23N5S. The molecule has 0 unspecified atom stereocenters. The summed E-state index contributed by atoms with van der Waals surface area (Å²) >= 11 is 1.61. The number of nitrogens with zero attached hydrogens (tertiary/aromatic N) is 4. The van der Waals surface area contributed by atoms with Gasteiger partial charge < -0.3 is 4.98 Å². The van der Waals surface area contributed by atoms with Crippen LogP contribution >= 0.6 is 11.8 Å². The molecule has 1 aliphatic rings. The fourth-order valence-corrected chi connectivity index (χ4v) is 3.15. The Hall–Kier alpha value is -1.40. The van der Waals surface area contributed by atoms with Crippen molar-refractivity contribution in [1.29, 1.82) is 0 Å². The zero-order valence-electron chi connectivity index (χ0n) is 13.3. The summed E-state index contributed by atoms with van der Waals surface area (Å²) < 4.78 is 0. The summed E-state index contributed by atoms with van der Waals surface area (Å²) in [6.45, 7) is 5.09. The highest BCUT2D eigenvalue weighted by molar-refractivity contribution is 7.98. The van der Waals surface area contributed by atoms with Crippen molar-refractivity contribution in [3.05, 3.63) is 35.2 Å². The summed E-state index contributed by atoms with van der Waals surface area (Å²) in [5.41, 5.74) is 3.68. The minimum absolute atomic E-state index is 0.876. The second-order valence-corrected chi connectivity index (χ2v) is 6.52. The van der Waals surface area contributed by atoms with Gasteiger partial charge in [0, 0.05) is 56.1 Å². The molecule has 0 spiro atoms. The Bertz CT molecular complexity index is 625. The summed E-state index contributed by atoms with van der Waals surface area (Å²) in [6.07, 6.45) is 10.4. The smallest absolute Gasteiger partial charge is 0.187 e. The Morgan fingerprint density at radius 2 is 2.23 bits per heavy atom. The first-order chi connectivity index (χ1) is 10.8. The van der Waals surface area contributed by atoms with Gasteiger partial charge in [-0.3, -0.25) is 4.90 Å². The van der Waals surface area contributed by atoms with Crippen molar-refractivity contribution in [2.75, 3.05) is 12.8 Å². The summed E-state index contributed by atoms with van der Waals surface area (Å²) in [7, 11) is 0. The lowest BCUT2D eigenvalue weighted by Gasteiger charge is -2.27. The van der Waals surface area contributed by atoms with E-state index in [2.05, 4.69) is 31.8 Å². The Morgan fingerprint density at radius 1 is 1.32 bits per heavy atom. The molecule has 0 amide bonds. The Balaban J connectivity index is 1.61. The topological polar surface area (TPSA) is 57.7 Å². The van der Waals surface area contributed by atoms with Crippen LogP contribution in [0.3, 0.4) is 0 Å². The predicted molar refractivity (Wildman–Crippen MR) is 88.8 cm³/mol. The largest absolute Gasteiger partial charge is 0.345 e. The lowest BCUT2D eigenvalue weighted by atomic mass is 10.1. The molecule has 0 atom stereocenters. The van der Waals surface area contributed by atoms with E-state index in [1.54, 1.807) is 11.8 Å². The van der Waals surface area contributed by atoms with Gasteiger partial charge in [0.2, 0.25) is 0 Å². The zero-order valence-corrected chi connectivity index (χ0v) is 14.1. The van der Waals surface area contributed by atoms with Gasteiger partial charge in [0.05, 0.1) is 5.69 Å². The van der Waals surface area contributed by atoms with Crippen LogP contribution in [-0.2, 0) is 25.9 Å². The molecule has 0 saturated heterocycles. The number of aromatic nitrogens is 4. The predicted octanol–water partition coefficient (Wildman–Crippen LogP) is 2.82. The number of thioether (sulfide) groups is 1. The van der Waals surface area contributed by atoms with E-state index in [1.165, 1.54) is 29.8 Å². The van der Waals surface area contributed by atoms with E-state index >= 15 is 0 Å². The van der Waals surface area contributed by atoms with Crippen molar-refractivity contribution < 1.29 is 0 Å². The molecule has 6 heteroatoms. The zero-order chi connectivity index (χ0) is 15.4. The maximum absolute atomic E-state index is 4.62. The molecule has 5 nitrogen and oxygen atoms in total. The number of H-pyrrole nitrogens is 1. The van der Waals surface area contributed by atoms with Gasteiger partial charge in [-0.25, -0.2) is 15.0 Å². The fraction of sp³-hybridized carbons (Fsp3) is 0.562. The lowest BCUT2D eigenvalue weighted by molar-refractivity contribution is 0.239. The van der Waals surface area contributed by atoms with E-state index in [0.717, 1.165) is 43.5 Å². The molecule has 3 rings (SSSR count). The van der Waals surface area contributed by atoms with Crippen molar-refractivity contribution in [3.8, 4) is 0 Å². The first-order valence-electron chi connectivity index (χ1n) is 7.92. The number of hydrogen-bond donors (Lipinski definition) is 1. The van der Waals surface area contributed by atoms with Crippen LogP contribution in [0.1, 0.15) is 42.5 Å². The molecule has 2 aromatic rings. The third kappa shape index (κ3) is 3.67. The summed E-state index contributed by atoms with van der Waals surface area (Å²) in [6, 6.07) is 0. The number of rotatable bonds is 6. The highest BCUT2D eigenvalue weighted by Crippen LogP contribution is 2.20. The van der Waals surface area contributed by atoms with Crippen LogP contribution in [-0.4, -0.2) is 37.6 Å². The molecule has 0 fully saturated rings. The number of unbranched alkanes of at least 4 members (excludes halogenated alkanes) is 1. The maximum Gasteiger partial charge on any atom is 0.187 e. The lowest BCUT2D eigenvalue weighted by Crippen LogP contribution is -2.31. The minimum atomic E-state index is 0.876. The molecule has 2 aromatic heterocycles. The Morgan fingerprint density at radius 3 is 3.05 bits per heavy atom. The summed E-state index contributed by atoms with van der Waals surface area (Å²) in [5, 5.41) is 0.876. The monoisotopic (exact) mass is 317 g/mol. The van der Waals surface area contributed by atoms with Crippen LogP contribution in [0, 0.1) is 0 Å². The molecule has 0 bridgehead atoms. The molecule has 0 aromatic carbocycles. The average Bonchev–Trinajstić information content (AvgIpc) is 2.99. The van der Waals surface area contributed by atoms with Gasteiger partial charge >= 0.3 is 0 Å². The fourth-order valence-electron chi connectivity index (χ4n) is 2.79. The van der Waals surface area contributed by atoms with E-state index in [9.17, 15) is 0 Å². The maximum atomic E-state index is 4.62. The Kier molecular flexibility index (Phi) is 5.10. The number of aromatic amines is 1. The van der Waals surface area contributed by atoms with Crippen LogP contribution < -0.4 is 0 Å².